The van der Waals surface area contributed by atoms with Gasteiger partial charge in [-0.25, -0.2) is 4.98 Å². The molecule has 0 radical (unpaired) electrons. The Bertz CT molecular complexity index is 522. The van der Waals surface area contributed by atoms with E-state index in [0.717, 1.165) is 31.2 Å². The van der Waals surface area contributed by atoms with Crippen molar-refractivity contribution in [1.82, 2.24) is 10.3 Å². The zero-order chi connectivity index (χ0) is 14.4. The van der Waals surface area contributed by atoms with Crippen molar-refractivity contribution in [1.29, 1.82) is 0 Å². The summed E-state index contributed by atoms with van der Waals surface area (Å²) in [5.41, 5.74) is 2.56. The molecule has 2 rings (SSSR count). The van der Waals surface area contributed by atoms with E-state index in [9.17, 15) is 0 Å². The summed E-state index contributed by atoms with van der Waals surface area (Å²) in [5.74, 6) is 0. The van der Waals surface area contributed by atoms with Gasteiger partial charge in [-0.3, -0.25) is 0 Å². The molecule has 2 aromatic rings. The van der Waals surface area contributed by atoms with Gasteiger partial charge in [0, 0.05) is 24.5 Å². The molecule has 0 amide bonds. The van der Waals surface area contributed by atoms with Gasteiger partial charge in [-0.1, -0.05) is 37.3 Å². The van der Waals surface area contributed by atoms with E-state index in [1.54, 1.807) is 0 Å². The summed E-state index contributed by atoms with van der Waals surface area (Å²) in [6, 6.07) is 10.6. The first-order valence-electron chi connectivity index (χ1n) is 7.20. The van der Waals surface area contributed by atoms with Gasteiger partial charge >= 0.3 is 0 Å². The number of thiazole rings is 1. The average molecular weight is 289 g/mol. The lowest BCUT2D eigenvalue weighted by Gasteiger charge is -2.19. The van der Waals surface area contributed by atoms with Crippen LogP contribution in [0.1, 0.15) is 30.0 Å². The van der Waals surface area contributed by atoms with Crippen LogP contribution in [-0.2, 0) is 19.5 Å². The topological polar surface area (TPSA) is 28.2 Å². The number of hydrogen-bond acceptors (Lipinski definition) is 4. The zero-order valence-electron chi connectivity index (χ0n) is 12.5. The number of anilines is 1. The van der Waals surface area contributed by atoms with Crippen LogP contribution in [0.2, 0.25) is 0 Å². The van der Waals surface area contributed by atoms with Crippen LogP contribution in [0.25, 0.3) is 0 Å². The lowest BCUT2D eigenvalue weighted by molar-refractivity contribution is 0.806. The van der Waals surface area contributed by atoms with Crippen LogP contribution in [0, 0.1) is 0 Å². The second kappa shape index (κ2) is 7.41. The van der Waals surface area contributed by atoms with E-state index in [0.29, 0.717) is 0 Å². The van der Waals surface area contributed by atoms with Crippen molar-refractivity contribution in [3.05, 3.63) is 46.5 Å². The molecule has 0 bridgehead atoms. The van der Waals surface area contributed by atoms with Crippen molar-refractivity contribution in [2.45, 2.75) is 33.4 Å². The van der Waals surface area contributed by atoms with Crippen molar-refractivity contribution in [3.63, 3.8) is 0 Å². The van der Waals surface area contributed by atoms with E-state index in [2.05, 4.69) is 54.4 Å². The zero-order valence-corrected chi connectivity index (χ0v) is 13.3. The normalized spacial score (nSPS) is 10.8. The number of aryl methyl sites for hydroxylation is 1. The summed E-state index contributed by atoms with van der Waals surface area (Å²) in [6.07, 6.45) is 0.996. The molecule has 0 unspecified atom stereocenters. The fourth-order valence-corrected chi connectivity index (χ4v) is 3.42. The summed E-state index contributed by atoms with van der Waals surface area (Å²) >= 11 is 1.81. The van der Waals surface area contributed by atoms with Crippen molar-refractivity contribution in [2.75, 3.05) is 18.5 Å². The highest BCUT2D eigenvalue weighted by Crippen LogP contribution is 2.27. The minimum Gasteiger partial charge on any atom is -0.344 e. The summed E-state index contributed by atoms with van der Waals surface area (Å²) in [5, 5.41) is 4.37. The molecule has 0 fully saturated rings. The van der Waals surface area contributed by atoms with Gasteiger partial charge in [-0.05, 0) is 26.0 Å². The third kappa shape index (κ3) is 3.58. The molecule has 0 aliphatic heterocycles. The van der Waals surface area contributed by atoms with Gasteiger partial charge in [0.05, 0.1) is 5.69 Å². The molecular formula is C16H23N3S. The Labute approximate surface area is 125 Å². The fraction of sp³-hybridized carbons (Fsp3) is 0.438. The Kier molecular flexibility index (Phi) is 5.56. The highest BCUT2D eigenvalue weighted by molar-refractivity contribution is 7.15. The van der Waals surface area contributed by atoms with Crippen LogP contribution in [0.4, 0.5) is 5.13 Å². The Morgan fingerprint density at radius 3 is 2.55 bits per heavy atom. The lowest BCUT2D eigenvalue weighted by atomic mass is 10.2. The second-order valence-electron chi connectivity index (χ2n) is 4.75. The van der Waals surface area contributed by atoms with Crippen molar-refractivity contribution >= 4 is 16.5 Å². The number of hydrogen-bond donors (Lipinski definition) is 1. The van der Waals surface area contributed by atoms with Crippen LogP contribution in [0.3, 0.4) is 0 Å². The second-order valence-corrected chi connectivity index (χ2v) is 5.81. The van der Waals surface area contributed by atoms with E-state index in [4.69, 9.17) is 4.98 Å². The maximum atomic E-state index is 4.82. The van der Waals surface area contributed by atoms with Gasteiger partial charge in [0.25, 0.3) is 0 Å². The molecule has 1 heterocycles. The predicted molar refractivity (Wildman–Crippen MR) is 87.4 cm³/mol. The minimum atomic E-state index is 0.906. The molecule has 1 aromatic carbocycles. The number of aromatic nitrogens is 1. The molecular weight excluding hydrogens is 266 g/mol. The lowest BCUT2D eigenvalue weighted by Crippen LogP contribution is -2.21. The highest BCUT2D eigenvalue weighted by Gasteiger charge is 2.14. The molecule has 0 saturated heterocycles. The molecule has 108 valence electrons. The van der Waals surface area contributed by atoms with E-state index < -0.39 is 0 Å². The average Bonchev–Trinajstić information content (AvgIpc) is 2.89. The Morgan fingerprint density at radius 1 is 1.20 bits per heavy atom. The third-order valence-corrected chi connectivity index (χ3v) is 4.47. The van der Waals surface area contributed by atoms with E-state index in [1.807, 2.05) is 18.4 Å². The SMILES string of the molecule is CCc1nc(N(CC)Cc2ccccc2)sc1CNC. The van der Waals surface area contributed by atoms with Crippen molar-refractivity contribution in [3.8, 4) is 0 Å². The molecule has 4 heteroatoms. The Balaban J connectivity index is 2.18. The smallest absolute Gasteiger partial charge is 0.186 e. The van der Waals surface area contributed by atoms with Gasteiger partial charge in [0.1, 0.15) is 0 Å². The standard InChI is InChI=1S/C16H23N3S/c1-4-14-15(11-17-3)20-16(18-14)19(5-2)12-13-9-7-6-8-10-13/h6-10,17H,4-5,11-12H2,1-3H3. The molecule has 1 N–H and O–H groups in total. The largest absolute Gasteiger partial charge is 0.344 e. The maximum absolute atomic E-state index is 4.82. The van der Waals surface area contributed by atoms with Gasteiger partial charge in [-0.2, -0.15) is 0 Å². The molecule has 0 aliphatic rings. The van der Waals surface area contributed by atoms with E-state index >= 15 is 0 Å². The maximum Gasteiger partial charge on any atom is 0.186 e. The molecule has 1 aromatic heterocycles. The number of benzene rings is 1. The highest BCUT2D eigenvalue weighted by atomic mass is 32.1. The molecule has 3 nitrogen and oxygen atoms in total. The molecule has 0 spiro atoms. The first-order chi connectivity index (χ1) is 9.78. The third-order valence-electron chi connectivity index (χ3n) is 3.31. The van der Waals surface area contributed by atoms with Crippen molar-refractivity contribution in [2.24, 2.45) is 0 Å². The number of rotatable bonds is 7. The minimum absolute atomic E-state index is 0.906. The van der Waals surface area contributed by atoms with Crippen LogP contribution < -0.4 is 10.2 Å². The van der Waals surface area contributed by atoms with Gasteiger partial charge in [-0.15, -0.1) is 11.3 Å². The quantitative estimate of drug-likeness (QED) is 0.846. The molecule has 20 heavy (non-hydrogen) atoms. The first kappa shape index (κ1) is 15.0. The first-order valence-corrected chi connectivity index (χ1v) is 8.02. The summed E-state index contributed by atoms with van der Waals surface area (Å²) in [6.45, 7) is 7.17. The molecule has 0 atom stereocenters. The number of nitrogens with one attached hydrogen (secondary N) is 1. The monoisotopic (exact) mass is 289 g/mol. The van der Waals surface area contributed by atoms with Crippen LogP contribution in [-0.4, -0.2) is 18.6 Å². The van der Waals surface area contributed by atoms with E-state index in [-0.39, 0.29) is 0 Å². The number of nitrogens with zero attached hydrogens (tertiary/aromatic N) is 2. The van der Waals surface area contributed by atoms with Gasteiger partial charge in [0.2, 0.25) is 0 Å². The predicted octanol–water partition coefficient (Wildman–Crippen LogP) is 3.45. The van der Waals surface area contributed by atoms with Crippen molar-refractivity contribution < 1.29 is 0 Å². The Morgan fingerprint density at radius 2 is 1.95 bits per heavy atom. The summed E-state index contributed by atoms with van der Waals surface area (Å²) < 4.78 is 0. The van der Waals surface area contributed by atoms with Crippen LogP contribution in [0.5, 0.6) is 0 Å². The Hall–Kier alpha value is -1.39. The van der Waals surface area contributed by atoms with Gasteiger partial charge < -0.3 is 10.2 Å². The van der Waals surface area contributed by atoms with Crippen LogP contribution in [0.15, 0.2) is 30.3 Å². The molecule has 0 saturated carbocycles. The fourth-order valence-electron chi connectivity index (χ4n) is 2.20. The van der Waals surface area contributed by atoms with E-state index in [1.165, 1.54) is 16.1 Å². The summed E-state index contributed by atoms with van der Waals surface area (Å²) in [7, 11) is 1.99. The van der Waals surface area contributed by atoms with Gasteiger partial charge in [0.15, 0.2) is 5.13 Å². The van der Waals surface area contributed by atoms with Crippen LogP contribution >= 0.6 is 11.3 Å². The summed E-state index contributed by atoms with van der Waals surface area (Å²) in [4.78, 5) is 8.52. The molecule has 0 aliphatic carbocycles.